The SMILES string of the molecule is Cc1cc(NC(=O)NCCN2CCC(NC(=O)Nc3ccc(C(C)C)cc3)CC2)c2ccccc2n1. The van der Waals surface area contributed by atoms with Crippen LogP contribution in [0.1, 0.15) is 43.9 Å². The third-order valence-corrected chi connectivity index (χ3v) is 6.56. The van der Waals surface area contributed by atoms with Crippen LogP contribution in [-0.4, -0.2) is 54.2 Å². The van der Waals surface area contributed by atoms with Gasteiger partial charge in [0.2, 0.25) is 0 Å². The summed E-state index contributed by atoms with van der Waals surface area (Å²) >= 11 is 0. The average Bonchev–Trinajstić information content (AvgIpc) is 2.85. The minimum Gasteiger partial charge on any atom is -0.337 e. The van der Waals surface area contributed by atoms with Crippen LogP contribution in [0, 0.1) is 6.92 Å². The van der Waals surface area contributed by atoms with Gasteiger partial charge in [-0.15, -0.1) is 0 Å². The number of fused-ring (bicyclic) bond motifs is 1. The predicted octanol–water partition coefficient (Wildman–Crippen LogP) is 5.07. The molecule has 4 rings (SSSR count). The number of hydrogen-bond donors (Lipinski definition) is 4. The molecule has 1 fully saturated rings. The highest BCUT2D eigenvalue weighted by Gasteiger charge is 2.20. The van der Waals surface area contributed by atoms with Gasteiger partial charge in [-0.2, -0.15) is 0 Å². The second kappa shape index (κ2) is 11.9. The number of aryl methyl sites for hydroxylation is 1. The summed E-state index contributed by atoms with van der Waals surface area (Å²) in [4.78, 5) is 31.7. The van der Waals surface area contributed by atoms with Crippen molar-refractivity contribution < 1.29 is 9.59 Å². The first-order valence-corrected chi connectivity index (χ1v) is 12.7. The smallest absolute Gasteiger partial charge is 0.319 e. The lowest BCUT2D eigenvalue weighted by atomic mass is 10.0. The average molecular weight is 489 g/mol. The van der Waals surface area contributed by atoms with Crippen molar-refractivity contribution in [2.75, 3.05) is 36.8 Å². The first-order chi connectivity index (χ1) is 17.4. The molecule has 8 nitrogen and oxygen atoms in total. The molecule has 0 atom stereocenters. The number of likely N-dealkylation sites (tertiary alicyclic amines) is 1. The van der Waals surface area contributed by atoms with E-state index in [0.717, 1.165) is 60.4 Å². The third kappa shape index (κ3) is 6.95. The van der Waals surface area contributed by atoms with Gasteiger partial charge < -0.3 is 26.2 Å². The molecule has 2 aromatic carbocycles. The van der Waals surface area contributed by atoms with Crippen LogP contribution in [0.4, 0.5) is 21.0 Å². The molecule has 190 valence electrons. The lowest BCUT2D eigenvalue weighted by Gasteiger charge is -2.32. The van der Waals surface area contributed by atoms with Crippen molar-refractivity contribution in [1.29, 1.82) is 0 Å². The summed E-state index contributed by atoms with van der Waals surface area (Å²) in [6.45, 7) is 9.30. The topological polar surface area (TPSA) is 98.4 Å². The molecule has 0 bridgehead atoms. The third-order valence-electron chi connectivity index (χ3n) is 6.56. The summed E-state index contributed by atoms with van der Waals surface area (Å²) in [5.41, 5.74) is 4.53. The van der Waals surface area contributed by atoms with Gasteiger partial charge in [0.15, 0.2) is 0 Å². The number of pyridine rings is 1. The fraction of sp³-hybridized carbons (Fsp3) is 0.393. The van der Waals surface area contributed by atoms with E-state index < -0.39 is 0 Å². The number of carbonyl (C=O) groups is 2. The zero-order valence-corrected chi connectivity index (χ0v) is 21.3. The minimum absolute atomic E-state index is 0.149. The van der Waals surface area contributed by atoms with E-state index in [2.05, 4.69) is 45.0 Å². The monoisotopic (exact) mass is 488 g/mol. The first-order valence-electron chi connectivity index (χ1n) is 12.7. The van der Waals surface area contributed by atoms with Crippen LogP contribution in [0.3, 0.4) is 0 Å². The fourth-order valence-corrected chi connectivity index (χ4v) is 4.51. The Morgan fingerprint density at radius 2 is 1.72 bits per heavy atom. The van der Waals surface area contributed by atoms with E-state index in [1.807, 2.05) is 61.5 Å². The molecule has 0 saturated carbocycles. The van der Waals surface area contributed by atoms with E-state index in [4.69, 9.17) is 0 Å². The largest absolute Gasteiger partial charge is 0.337 e. The number of aromatic nitrogens is 1. The van der Waals surface area contributed by atoms with Crippen molar-refractivity contribution in [3.05, 3.63) is 65.9 Å². The van der Waals surface area contributed by atoms with Crippen molar-refractivity contribution >= 4 is 34.3 Å². The number of para-hydroxylation sites is 1. The number of rotatable bonds is 7. The highest BCUT2D eigenvalue weighted by molar-refractivity contribution is 6.00. The van der Waals surface area contributed by atoms with E-state index in [0.29, 0.717) is 12.5 Å². The van der Waals surface area contributed by atoms with Gasteiger partial charge in [-0.3, -0.25) is 4.98 Å². The Hall–Kier alpha value is -3.65. The van der Waals surface area contributed by atoms with Crippen LogP contribution in [0.5, 0.6) is 0 Å². The summed E-state index contributed by atoms with van der Waals surface area (Å²) in [5, 5.41) is 12.8. The van der Waals surface area contributed by atoms with Gasteiger partial charge in [0.1, 0.15) is 0 Å². The van der Waals surface area contributed by atoms with Crippen LogP contribution < -0.4 is 21.3 Å². The quantitative estimate of drug-likeness (QED) is 0.373. The molecule has 0 unspecified atom stereocenters. The zero-order chi connectivity index (χ0) is 25.5. The molecule has 1 aromatic heterocycles. The van der Waals surface area contributed by atoms with Gasteiger partial charge in [-0.1, -0.05) is 44.2 Å². The molecule has 8 heteroatoms. The standard InChI is InChI=1S/C28H36N6O2/c1-19(2)21-8-10-22(11-9-21)31-28(36)32-23-12-15-34(16-13-23)17-14-29-27(35)33-26-18-20(3)30-25-7-5-4-6-24(25)26/h4-11,18-19,23H,12-17H2,1-3H3,(H2,31,32,36)(H2,29,30,33,35). The molecule has 4 N–H and O–H groups in total. The van der Waals surface area contributed by atoms with Crippen molar-refractivity contribution in [3.63, 3.8) is 0 Å². The molecule has 36 heavy (non-hydrogen) atoms. The van der Waals surface area contributed by atoms with Gasteiger partial charge in [-0.25, -0.2) is 9.59 Å². The Labute approximate surface area is 212 Å². The second-order valence-corrected chi connectivity index (χ2v) is 9.70. The maximum atomic E-state index is 12.5. The highest BCUT2D eigenvalue weighted by Crippen LogP contribution is 2.23. The number of benzene rings is 2. The molecule has 0 radical (unpaired) electrons. The normalized spacial score (nSPS) is 14.6. The zero-order valence-electron chi connectivity index (χ0n) is 21.3. The van der Waals surface area contributed by atoms with E-state index in [-0.39, 0.29) is 18.1 Å². The van der Waals surface area contributed by atoms with Crippen LogP contribution in [-0.2, 0) is 0 Å². The van der Waals surface area contributed by atoms with E-state index in [1.165, 1.54) is 5.56 Å². The molecule has 2 heterocycles. The summed E-state index contributed by atoms with van der Waals surface area (Å²) in [6, 6.07) is 17.4. The Morgan fingerprint density at radius 1 is 1.00 bits per heavy atom. The number of nitrogens with zero attached hydrogens (tertiary/aromatic N) is 2. The van der Waals surface area contributed by atoms with E-state index in [1.54, 1.807) is 0 Å². The van der Waals surface area contributed by atoms with Gasteiger partial charge in [0.05, 0.1) is 11.2 Å². The number of piperidine rings is 1. The Balaban J connectivity index is 1.15. The van der Waals surface area contributed by atoms with Gasteiger partial charge >= 0.3 is 12.1 Å². The second-order valence-electron chi connectivity index (χ2n) is 9.70. The maximum Gasteiger partial charge on any atom is 0.319 e. The molecule has 0 aliphatic carbocycles. The first kappa shape index (κ1) is 25.4. The predicted molar refractivity (Wildman–Crippen MR) is 146 cm³/mol. The molecule has 3 aromatic rings. The van der Waals surface area contributed by atoms with Crippen molar-refractivity contribution in [1.82, 2.24) is 20.5 Å². The Bertz CT molecular complexity index is 1190. The van der Waals surface area contributed by atoms with Gasteiger partial charge in [-0.05, 0) is 55.5 Å². The van der Waals surface area contributed by atoms with Crippen molar-refractivity contribution in [3.8, 4) is 0 Å². The molecule has 1 aliphatic heterocycles. The lowest BCUT2D eigenvalue weighted by molar-refractivity contribution is 0.196. The van der Waals surface area contributed by atoms with Crippen LogP contribution in [0.15, 0.2) is 54.6 Å². The van der Waals surface area contributed by atoms with Crippen LogP contribution >= 0.6 is 0 Å². The number of urea groups is 2. The molecule has 1 aliphatic rings. The summed E-state index contributed by atoms with van der Waals surface area (Å²) in [5.74, 6) is 0.466. The molecular weight excluding hydrogens is 452 g/mol. The number of nitrogens with one attached hydrogen (secondary N) is 4. The number of amides is 4. The number of hydrogen-bond acceptors (Lipinski definition) is 4. The summed E-state index contributed by atoms with van der Waals surface area (Å²) < 4.78 is 0. The lowest BCUT2D eigenvalue weighted by Crippen LogP contribution is -2.47. The molecular formula is C28H36N6O2. The van der Waals surface area contributed by atoms with Crippen LogP contribution in [0.2, 0.25) is 0 Å². The van der Waals surface area contributed by atoms with Gasteiger partial charge in [0.25, 0.3) is 0 Å². The summed E-state index contributed by atoms with van der Waals surface area (Å²) in [7, 11) is 0. The fourth-order valence-electron chi connectivity index (χ4n) is 4.51. The van der Waals surface area contributed by atoms with Crippen LogP contribution in [0.25, 0.3) is 10.9 Å². The van der Waals surface area contributed by atoms with E-state index in [9.17, 15) is 9.59 Å². The Kier molecular flexibility index (Phi) is 8.38. The molecule has 4 amide bonds. The Morgan fingerprint density at radius 3 is 2.44 bits per heavy atom. The highest BCUT2D eigenvalue weighted by atomic mass is 16.2. The maximum absolute atomic E-state index is 12.5. The molecule has 1 saturated heterocycles. The summed E-state index contributed by atoms with van der Waals surface area (Å²) in [6.07, 6.45) is 1.77. The van der Waals surface area contributed by atoms with Crippen molar-refractivity contribution in [2.24, 2.45) is 0 Å². The van der Waals surface area contributed by atoms with Crippen molar-refractivity contribution in [2.45, 2.75) is 45.6 Å². The van der Waals surface area contributed by atoms with Gasteiger partial charge in [0, 0.05) is 49.0 Å². The minimum atomic E-state index is -0.222. The number of carbonyl (C=O) groups excluding carboxylic acids is 2. The number of anilines is 2. The van der Waals surface area contributed by atoms with E-state index >= 15 is 0 Å². The molecule has 0 spiro atoms.